The van der Waals surface area contributed by atoms with Gasteiger partial charge in [0, 0.05) is 23.4 Å². The molecule has 0 spiro atoms. The van der Waals surface area contributed by atoms with Crippen LogP contribution in [0.25, 0.3) is 10.2 Å². The van der Waals surface area contributed by atoms with Crippen molar-refractivity contribution < 1.29 is 5.11 Å². The standard InChI is InChI=1S/C21H29N3OS/c1-13-8-9-17(25)15(11-13)16-6-4-10-24(16)20-19-14-5-2-3-7-18(14)26-21(19)23-12-22-20/h12-13,15-17,25H,2-11H2,1H3/t13-,15+,16-,17+/m1/s1. The Bertz CT molecular complexity index is 804. The molecule has 0 bridgehead atoms. The second kappa shape index (κ2) is 6.75. The van der Waals surface area contributed by atoms with Crippen molar-refractivity contribution in [1.82, 2.24) is 9.97 Å². The zero-order valence-electron chi connectivity index (χ0n) is 15.7. The van der Waals surface area contributed by atoms with Gasteiger partial charge in [0.2, 0.25) is 0 Å². The van der Waals surface area contributed by atoms with E-state index in [2.05, 4.69) is 16.8 Å². The molecule has 0 aromatic carbocycles. The Morgan fingerprint density at radius 2 is 2.00 bits per heavy atom. The minimum Gasteiger partial charge on any atom is -0.393 e. The van der Waals surface area contributed by atoms with E-state index < -0.39 is 0 Å². The number of aliphatic hydroxyl groups is 1. The van der Waals surface area contributed by atoms with Crippen LogP contribution in [0, 0.1) is 11.8 Å². The van der Waals surface area contributed by atoms with Crippen molar-refractivity contribution in [3.63, 3.8) is 0 Å². The van der Waals surface area contributed by atoms with Crippen LogP contribution in [-0.2, 0) is 12.8 Å². The molecule has 5 rings (SSSR count). The van der Waals surface area contributed by atoms with Crippen LogP contribution in [0.5, 0.6) is 0 Å². The van der Waals surface area contributed by atoms with Crippen molar-refractivity contribution in [2.24, 2.45) is 11.8 Å². The quantitative estimate of drug-likeness (QED) is 0.853. The van der Waals surface area contributed by atoms with Gasteiger partial charge in [0.05, 0.1) is 11.5 Å². The fourth-order valence-corrected chi connectivity index (χ4v) is 6.84. The molecular formula is C21H29N3OS. The monoisotopic (exact) mass is 371 g/mol. The highest BCUT2D eigenvalue weighted by atomic mass is 32.1. The summed E-state index contributed by atoms with van der Waals surface area (Å²) in [5.74, 6) is 2.27. The summed E-state index contributed by atoms with van der Waals surface area (Å²) in [6, 6.07) is 0.435. The first-order valence-electron chi connectivity index (χ1n) is 10.4. The Morgan fingerprint density at radius 1 is 1.12 bits per heavy atom. The number of hydrogen-bond acceptors (Lipinski definition) is 5. The Kier molecular flexibility index (Phi) is 4.40. The minimum atomic E-state index is -0.148. The van der Waals surface area contributed by atoms with Crippen LogP contribution in [0.4, 0.5) is 5.82 Å². The topological polar surface area (TPSA) is 49.2 Å². The fourth-order valence-electron chi connectivity index (χ4n) is 5.61. The van der Waals surface area contributed by atoms with Gasteiger partial charge in [0.25, 0.3) is 0 Å². The van der Waals surface area contributed by atoms with Gasteiger partial charge >= 0.3 is 0 Å². The zero-order chi connectivity index (χ0) is 17.7. The number of aryl methyl sites for hydroxylation is 2. The van der Waals surface area contributed by atoms with Crippen molar-refractivity contribution >= 4 is 27.4 Å². The second-order valence-corrected chi connectivity index (χ2v) is 9.72. The maximum Gasteiger partial charge on any atom is 0.141 e. The Labute approximate surface area is 159 Å². The van der Waals surface area contributed by atoms with E-state index >= 15 is 0 Å². The predicted molar refractivity (Wildman–Crippen MR) is 107 cm³/mol. The molecule has 26 heavy (non-hydrogen) atoms. The van der Waals surface area contributed by atoms with Crippen LogP contribution >= 0.6 is 11.3 Å². The van der Waals surface area contributed by atoms with Gasteiger partial charge in [-0.25, -0.2) is 9.97 Å². The smallest absolute Gasteiger partial charge is 0.141 e. The summed E-state index contributed by atoms with van der Waals surface area (Å²) >= 11 is 1.88. The van der Waals surface area contributed by atoms with E-state index in [0.29, 0.717) is 12.0 Å². The van der Waals surface area contributed by atoms with Gasteiger partial charge in [-0.05, 0) is 69.3 Å². The van der Waals surface area contributed by atoms with E-state index in [9.17, 15) is 5.11 Å². The van der Waals surface area contributed by atoms with Crippen molar-refractivity contribution in [3.05, 3.63) is 16.8 Å². The van der Waals surface area contributed by atoms with Crippen LogP contribution in [0.3, 0.4) is 0 Å². The third-order valence-corrected chi connectivity index (χ3v) is 8.12. The van der Waals surface area contributed by atoms with Crippen LogP contribution < -0.4 is 4.90 Å². The summed E-state index contributed by atoms with van der Waals surface area (Å²) in [5, 5.41) is 12.1. The molecular weight excluding hydrogens is 342 g/mol. The molecule has 3 heterocycles. The van der Waals surface area contributed by atoms with Gasteiger partial charge in [-0.1, -0.05) is 6.92 Å². The molecule has 1 N–H and O–H groups in total. The summed E-state index contributed by atoms with van der Waals surface area (Å²) in [7, 11) is 0. The molecule has 3 aliphatic rings. The summed E-state index contributed by atoms with van der Waals surface area (Å²) < 4.78 is 0. The SMILES string of the molecule is C[C@@H]1CC[C@H](O)[C@H]([C@H]2CCCN2c2ncnc3sc4c(c23)CCCC4)C1. The molecule has 4 atom stereocenters. The van der Waals surface area contributed by atoms with Gasteiger partial charge in [-0.3, -0.25) is 0 Å². The van der Waals surface area contributed by atoms with Crippen LogP contribution in [-0.4, -0.2) is 33.8 Å². The Balaban J connectivity index is 1.55. The molecule has 0 unspecified atom stereocenters. The summed E-state index contributed by atoms with van der Waals surface area (Å²) in [6.45, 7) is 3.41. The lowest BCUT2D eigenvalue weighted by Gasteiger charge is -2.40. The lowest BCUT2D eigenvalue weighted by Crippen LogP contribution is -2.44. The first-order chi connectivity index (χ1) is 12.7. The number of aromatic nitrogens is 2. The Hall–Kier alpha value is -1.20. The van der Waals surface area contributed by atoms with Crippen molar-refractivity contribution in [1.29, 1.82) is 0 Å². The highest BCUT2D eigenvalue weighted by molar-refractivity contribution is 7.19. The van der Waals surface area contributed by atoms with Gasteiger partial charge < -0.3 is 10.0 Å². The largest absolute Gasteiger partial charge is 0.393 e. The molecule has 1 saturated heterocycles. The molecule has 1 aliphatic heterocycles. The molecule has 2 fully saturated rings. The van der Waals surface area contributed by atoms with E-state index in [0.717, 1.165) is 31.1 Å². The molecule has 140 valence electrons. The normalized spacial score (nSPS) is 32.2. The summed E-state index contributed by atoms with van der Waals surface area (Å²) in [4.78, 5) is 14.7. The molecule has 2 aliphatic carbocycles. The number of hydrogen-bond donors (Lipinski definition) is 1. The maximum atomic E-state index is 10.7. The summed E-state index contributed by atoms with van der Waals surface area (Å²) in [5.41, 5.74) is 1.52. The van der Waals surface area contributed by atoms with E-state index in [1.54, 1.807) is 6.33 Å². The average Bonchev–Trinajstić information content (AvgIpc) is 3.28. The minimum absolute atomic E-state index is 0.148. The molecule has 0 amide bonds. The van der Waals surface area contributed by atoms with E-state index in [-0.39, 0.29) is 6.10 Å². The number of aliphatic hydroxyl groups excluding tert-OH is 1. The fraction of sp³-hybridized carbons (Fsp3) is 0.714. The average molecular weight is 372 g/mol. The number of thiophene rings is 1. The van der Waals surface area contributed by atoms with Crippen LogP contribution in [0.15, 0.2) is 6.33 Å². The Morgan fingerprint density at radius 3 is 2.92 bits per heavy atom. The second-order valence-electron chi connectivity index (χ2n) is 8.64. The van der Waals surface area contributed by atoms with Crippen molar-refractivity contribution in [2.75, 3.05) is 11.4 Å². The molecule has 4 nitrogen and oxygen atoms in total. The third kappa shape index (κ3) is 2.75. The van der Waals surface area contributed by atoms with Gasteiger partial charge in [0.1, 0.15) is 17.0 Å². The highest BCUT2D eigenvalue weighted by Crippen LogP contribution is 2.43. The maximum absolute atomic E-state index is 10.7. The number of nitrogens with zero attached hydrogens (tertiary/aromatic N) is 3. The summed E-state index contributed by atoms with van der Waals surface area (Å²) in [6.07, 6.45) is 12.3. The molecule has 5 heteroatoms. The van der Waals surface area contributed by atoms with E-state index in [4.69, 9.17) is 4.98 Å². The van der Waals surface area contributed by atoms with Gasteiger partial charge in [-0.2, -0.15) is 0 Å². The van der Waals surface area contributed by atoms with Crippen molar-refractivity contribution in [2.45, 2.75) is 76.9 Å². The van der Waals surface area contributed by atoms with E-state index in [1.165, 1.54) is 65.6 Å². The zero-order valence-corrected chi connectivity index (χ0v) is 16.5. The van der Waals surface area contributed by atoms with Gasteiger partial charge in [0.15, 0.2) is 0 Å². The number of anilines is 1. The molecule has 0 radical (unpaired) electrons. The van der Waals surface area contributed by atoms with Crippen LogP contribution in [0.2, 0.25) is 0 Å². The molecule has 2 aromatic heterocycles. The lowest BCUT2D eigenvalue weighted by molar-refractivity contribution is 0.0390. The lowest BCUT2D eigenvalue weighted by atomic mass is 9.76. The highest BCUT2D eigenvalue weighted by Gasteiger charge is 2.40. The number of rotatable bonds is 2. The first-order valence-corrected chi connectivity index (χ1v) is 11.2. The number of fused-ring (bicyclic) bond motifs is 3. The van der Waals surface area contributed by atoms with Crippen molar-refractivity contribution in [3.8, 4) is 0 Å². The van der Waals surface area contributed by atoms with Crippen LogP contribution in [0.1, 0.15) is 62.3 Å². The molecule has 2 aromatic rings. The molecule has 1 saturated carbocycles. The third-order valence-electron chi connectivity index (χ3n) is 6.92. The van der Waals surface area contributed by atoms with Gasteiger partial charge in [-0.15, -0.1) is 11.3 Å². The van der Waals surface area contributed by atoms with E-state index in [1.807, 2.05) is 11.3 Å². The predicted octanol–water partition coefficient (Wildman–Crippen LogP) is 4.34. The first kappa shape index (κ1) is 16.9.